The van der Waals surface area contributed by atoms with E-state index in [9.17, 15) is 4.79 Å². The monoisotopic (exact) mass is 248 g/mol. The van der Waals surface area contributed by atoms with Crippen molar-refractivity contribution < 1.29 is 4.42 Å². The van der Waals surface area contributed by atoms with Crippen LogP contribution in [0.5, 0.6) is 0 Å². The summed E-state index contributed by atoms with van der Waals surface area (Å²) < 4.78 is 5.50. The Morgan fingerprint density at radius 3 is 2.24 bits per heavy atom. The van der Waals surface area contributed by atoms with Gasteiger partial charge in [-0.05, 0) is 12.3 Å². The van der Waals surface area contributed by atoms with Crippen LogP contribution in [0.1, 0.15) is 26.5 Å². The summed E-state index contributed by atoms with van der Waals surface area (Å²) in [6.07, 6.45) is 2.01. The molecule has 0 N–H and O–H groups in total. The molecule has 0 aliphatic carbocycles. The van der Waals surface area contributed by atoms with E-state index in [0.717, 1.165) is 16.0 Å². The average Bonchev–Trinajstić information content (AvgIpc) is 2.28. The fourth-order valence-corrected chi connectivity index (χ4v) is 2.80. The fourth-order valence-electron chi connectivity index (χ4n) is 1.87. The van der Waals surface area contributed by atoms with Crippen LogP contribution in [0.3, 0.4) is 0 Å². The molecule has 0 bridgehead atoms. The minimum atomic E-state index is -0.247. The number of benzene rings is 1. The molecule has 2 rings (SSSR count). The summed E-state index contributed by atoms with van der Waals surface area (Å²) in [5.41, 5.74) is -0.412. The van der Waals surface area contributed by atoms with Gasteiger partial charge >= 0.3 is 5.63 Å². The molecule has 0 fully saturated rings. The summed E-state index contributed by atoms with van der Waals surface area (Å²) in [6, 6.07) is 7.61. The highest BCUT2D eigenvalue weighted by molar-refractivity contribution is 7.98. The number of hydrogen-bond acceptors (Lipinski definition) is 3. The predicted molar refractivity (Wildman–Crippen MR) is 73.0 cm³/mol. The van der Waals surface area contributed by atoms with Crippen LogP contribution >= 0.6 is 11.8 Å². The van der Waals surface area contributed by atoms with Gasteiger partial charge in [0.05, 0.1) is 10.3 Å². The van der Waals surface area contributed by atoms with Gasteiger partial charge in [0.15, 0.2) is 0 Å². The first-order valence-electron chi connectivity index (χ1n) is 5.55. The molecule has 0 saturated heterocycles. The Morgan fingerprint density at radius 1 is 1.12 bits per heavy atom. The van der Waals surface area contributed by atoms with E-state index in [4.69, 9.17) is 4.42 Å². The van der Waals surface area contributed by atoms with Crippen molar-refractivity contribution in [2.75, 3.05) is 6.26 Å². The Hall–Kier alpha value is -1.22. The van der Waals surface area contributed by atoms with Crippen LogP contribution in [-0.2, 0) is 5.41 Å². The summed E-state index contributed by atoms with van der Waals surface area (Å²) in [5.74, 6) is 0.772. The molecule has 2 nitrogen and oxygen atoms in total. The zero-order valence-corrected chi connectivity index (χ0v) is 11.4. The van der Waals surface area contributed by atoms with Gasteiger partial charge in [0, 0.05) is 10.8 Å². The molecule has 0 unspecified atom stereocenters. The van der Waals surface area contributed by atoms with Crippen LogP contribution in [-0.4, -0.2) is 6.26 Å². The van der Waals surface area contributed by atoms with E-state index < -0.39 is 0 Å². The molecule has 17 heavy (non-hydrogen) atoms. The molecule has 1 aromatic heterocycles. The Balaban J connectivity index is 2.93. The van der Waals surface area contributed by atoms with E-state index in [-0.39, 0.29) is 11.0 Å². The van der Waals surface area contributed by atoms with Gasteiger partial charge in [-0.2, -0.15) is 0 Å². The van der Waals surface area contributed by atoms with E-state index in [2.05, 4.69) is 20.8 Å². The molecule has 0 amide bonds. The third-order valence-corrected chi connectivity index (χ3v) is 3.49. The van der Waals surface area contributed by atoms with Gasteiger partial charge in [0.1, 0.15) is 5.76 Å². The van der Waals surface area contributed by atoms with Crippen LogP contribution in [0.2, 0.25) is 0 Å². The Bertz CT molecular complexity index is 606. The Kier molecular flexibility index (Phi) is 3.04. The van der Waals surface area contributed by atoms with Crippen LogP contribution in [0.4, 0.5) is 0 Å². The third-order valence-electron chi connectivity index (χ3n) is 2.68. The van der Waals surface area contributed by atoms with Crippen molar-refractivity contribution in [2.45, 2.75) is 31.1 Å². The largest absolute Gasteiger partial charge is 0.426 e. The molecule has 0 saturated carbocycles. The number of rotatable bonds is 1. The van der Waals surface area contributed by atoms with Gasteiger partial charge in [-0.25, -0.2) is 4.79 Å². The first-order chi connectivity index (χ1) is 7.95. The van der Waals surface area contributed by atoms with E-state index in [1.165, 1.54) is 0 Å². The second kappa shape index (κ2) is 4.22. The molecule has 3 heteroatoms. The molecule has 0 atom stereocenters. The smallest absolute Gasteiger partial charge is 0.343 e. The molecule has 90 valence electrons. The molecule has 0 radical (unpaired) electrons. The van der Waals surface area contributed by atoms with Gasteiger partial charge in [-0.3, -0.25) is 0 Å². The highest BCUT2D eigenvalue weighted by Crippen LogP contribution is 2.35. The van der Waals surface area contributed by atoms with Crippen molar-refractivity contribution in [3.63, 3.8) is 0 Å². The summed E-state index contributed by atoms with van der Waals surface area (Å²) in [6.45, 7) is 6.17. The standard InChI is InChI=1S/C14H16O2S/c1-14(2,3)12-11(17-4)9-7-5-6-8-10(9)13(15)16-12/h5-8H,1-4H3. The zero-order chi connectivity index (χ0) is 12.6. The third kappa shape index (κ3) is 2.12. The van der Waals surface area contributed by atoms with Crippen molar-refractivity contribution in [3.8, 4) is 0 Å². The molecule has 1 aromatic carbocycles. The maximum atomic E-state index is 11.9. The van der Waals surface area contributed by atoms with Crippen LogP contribution in [0, 0.1) is 0 Å². The first kappa shape index (κ1) is 12.2. The second-order valence-corrected chi connectivity index (χ2v) is 5.86. The summed E-state index contributed by atoms with van der Waals surface area (Å²) in [4.78, 5) is 13.0. The minimum absolute atomic E-state index is 0.165. The molecule has 0 aliphatic heterocycles. The summed E-state index contributed by atoms with van der Waals surface area (Å²) >= 11 is 1.63. The maximum absolute atomic E-state index is 11.9. The van der Waals surface area contributed by atoms with Gasteiger partial charge in [-0.15, -0.1) is 11.8 Å². The maximum Gasteiger partial charge on any atom is 0.343 e. The lowest BCUT2D eigenvalue weighted by Gasteiger charge is -2.20. The van der Waals surface area contributed by atoms with Crippen LogP contribution in [0.25, 0.3) is 10.8 Å². The van der Waals surface area contributed by atoms with Crippen molar-refractivity contribution in [1.82, 2.24) is 0 Å². The topological polar surface area (TPSA) is 30.2 Å². The second-order valence-electron chi connectivity index (χ2n) is 5.05. The highest BCUT2D eigenvalue weighted by atomic mass is 32.2. The summed E-state index contributed by atoms with van der Waals surface area (Å²) in [7, 11) is 0. The van der Waals surface area contributed by atoms with Gasteiger partial charge in [0.25, 0.3) is 0 Å². The SMILES string of the molecule is CSc1c(C(C)(C)C)oc(=O)c2ccccc12. The van der Waals surface area contributed by atoms with Crippen molar-refractivity contribution in [2.24, 2.45) is 0 Å². The molecular weight excluding hydrogens is 232 g/mol. The van der Waals surface area contributed by atoms with Gasteiger partial charge in [-0.1, -0.05) is 39.0 Å². The Labute approximate surface area is 105 Å². The lowest BCUT2D eigenvalue weighted by molar-refractivity contribution is 0.369. The van der Waals surface area contributed by atoms with E-state index in [0.29, 0.717) is 5.39 Å². The lowest BCUT2D eigenvalue weighted by atomic mass is 9.92. The normalized spacial score (nSPS) is 12.0. The predicted octanol–water partition coefficient (Wildman–Crippen LogP) is 3.81. The molecule has 0 aliphatic rings. The van der Waals surface area contributed by atoms with E-state index in [1.54, 1.807) is 11.8 Å². The van der Waals surface area contributed by atoms with Crippen LogP contribution < -0.4 is 5.63 Å². The number of thioether (sulfide) groups is 1. The van der Waals surface area contributed by atoms with Crippen molar-refractivity contribution in [3.05, 3.63) is 40.4 Å². The van der Waals surface area contributed by atoms with Gasteiger partial charge < -0.3 is 4.42 Å². The first-order valence-corrected chi connectivity index (χ1v) is 6.78. The Morgan fingerprint density at radius 2 is 1.71 bits per heavy atom. The number of fused-ring (bicyclic) bond motifs is 1. The van der Waals surface area contributed by atoms with Crippen molar-refractivity contribution >= 4 is 22.5 Å². The molecule has 2 aromatic rings. The van der Waals surface area contributed by atoms with Crippen molar-refractivity contribution in [1.29, 1.82) is 0 Å². The minimum Gasteiger partial charge on any atom is -0.426 e. The van der Waals surface area contributed by atoms with E-state index in [1.807, 2.05) is 30.5 Å². The zero-order valence-electron chi connectivity index (χ0n) is 10.5. The molecule has 1 heterocycles. The van der Waals surface area contributed by atoms with Crippen LogP contribution in [0.15, 0.2) is 38.4 Å². The van der Waals surface area contributed by atoms with Gasteiger partial charge in [0.2, 0.25) is 0 Å². The number of hydrogen-bond donors (Lipinski definition) is 0. The fraction of sp³-hybridized carbons (Fsp3) is 0.357. The summed E-state index contributed by atoms with van der Waals surface area (Å²) in [5, 5.41) is 1.64. The van der Waals surface area contributed by atoms with E-state index >= 15 is 0 Å². The lowest BCUT2D eigenvalue weighted by Crippen LogP contribution is -2.16. The highest BCUT2D eigenvalue weighted by Gasteiger charge is 2.23. The molecular formula is C14H16O2S. The molecule has 0 spiro atoms. The quantitative estimate of drug-likeness (QED) is 0.719. The average molecular weight is 248 g/mol.